The summed E-state index contributed by atoms with van der Waals surface area (Å²) in [7, 11) is 0. The molecule has 1 aromatic carbocycles. The lowest BCUT2D eigenvalue weighted by atomic mass is 9.99. The first-order valence-electron chi connectivity index (χ1n) is 8.53. The van der Waals surface area contributed by atoms with Crippen LogP contribution in [0, 0.1) is 5.92 Å². The summed E-state index contributed by atoms with van der Waals surface area (Å²) in [6.45, 7) is 6.38. The number of benzene rings is 1. The van der Waals surface area contributed by atoms with Crippen molar-refractivity contribution in [3.63, 3.8) is 0 Å². The molecule has 1 aliphatic rings. The molecule has 1 aliphatic heterocycles. The van der Waals surface area contributed by atoms with Gasteiger partial charge in [-0.15, -0.1) is 0 Å². The Morgan fingerprint density at radius 1 is 1.12 bits per heavy atom. The van der Waals surface area contributed by atoms with E-state index in [0.29, 0.717) is 36.8 Å². The van der Waals surface area contributed by atoms with E-state index in [0.717, 1.165) is 12.8 Å². The number of rotatable bonds is 4. The fraction of sp³-hybridized carbons (Fsp3) is 0.556. The lowest BCUT2D eigenvalue weighted by Gasteiger charge is -2.27. The van der Waals surface area contributed by atoms with E-state index in [-0.39, 0.29) is 17.7 Å². The van der Waals surface area contributed by atoms with Crippen LogP contribution < -0.4 is 5.73 Å². The second-order valence-corrected chi connectivity index (χ2v) is 6.83. The fourth-order valence-corrected chi connectivity index (χ4v) is 2.95. The molecule has 24 heavy (non-hydrogen) atoms. The third kappa shape index (κ3) is 4.48. The molecular weight excluding hydrogens is 326 g/mol. The number of nitrogens with two attached hydrogens (primary N) is 1. The van der Waals surface area contributed by atoms with Crippen molar-refractivity contribution in [3.05, 3.63) is 34.9 Å². The minimum atomic E-state index is -0.464. The first-order valence-corrected chi connectivity index (χ1v) is 8.91. The zero-order valence-corrected chi connectivity index (χ0v) is 15.1. The molecule has 0 spiro atoms. The van der Waals surface area contributed by atoms with Crippen molar-refractivity contribution in [2.75, 3.05) is 26.2 Å². The summed E-state index contributed by atoms with van der Waals surface area (Å²) < 4.78 is 0. The molecule has 0 bridgehead atoms. The Hall–Kier alpha value is -1.59. The van der Waals surface area contributed by atoms with Crippen molar-refractivity contribution < 1.29 is 9.59 Å². The van der Waals surface area contributed by atoms with Gasteiger partial charge < -0.3 is 15.5 Å². The zero-order valence-electron chi connectivity index (χ0n) is 14.4. The molecule has 2 atom stereocenters. The lowest BCUT2D eigenvalue weighted by Crippen LogP contribution is -2.48. The maximum Gasteiger partial charge on any atom is 0.253 e. The summed E-state index contributed by atoms with van der Waals surface area (Å²) in [5.74, 6) is 0.130. The predicted octanol–water partition coefficient (Wildman–Crippen LogP) is 2.39. The summed E-state index contributed by atoms with van der Waals surface area (Å²) in [5, 5.41) is 0.609. The first kappa shape index (κ1) is 18.7. The van der Waals surface area contributed by atoms with Gasteiger partial charge in [0.25, 0.3) is 5.91 Å². The van der Waals surface area contributed by atoms with E-state index in [9.17, 15) is 9.59 Å². The monoisotopic (exact) mass is 351 g/mol. The molecule has 2 unspecified atom stereocenters. The summed E-state index contributed by atoms with van der Waals surface area (Å²) in [6, 6.07) is 6.43. The Morgan fingerprint density at radius 3 is 2.33 bits per heavy atom. The highest BCUT2D eigenvalue weighted by Crippen LogP contribution is 2.15. The first-order chi connectivity index (χ1) is 11.4. The largest absolute Gasteiger partial charge is 0.339 e. The topological polar surface area (TPSA) is 66.6 Å². The van der Waals surface area contributed by atoms with Crippen molar-refractivity contribution in [2.45, 2.75) is 32.7 Å². The molecule has 0 aromatic heterocycles. The van der Waals surface area contributed by atoms with E-state index < -0.39 is 6.04 Å². The van der Waals surface area contributed by atoms with Crippen LogP contribution in [0.4, 0.5) is 0 Å². The average molecular weight is 352 g/mol. The third-order valence-electron chi connectivity index (χ3n) is 4.73. The van der Waals surface area contributed by atoms with E-state index in [1.54, 1.807) is 34.1 Å². The number of amides is 2. The normalized spacial score (nSPS) is 18.0. The van der Waals surface area contributed by atoms with E-state index in [1.165, 1.54) is 0 Å². The number of nitrogens with zero attached hydrogens (tertiary/aromatic N) is 2. The van der Waals surface area contributed by atoms with E-state index in [4.69, 9.17) is 17.3 Å². The molecule has 1 aromatic rings. The molecule has 0 aliphatic carbocycles. The SMILES string of the molecule is CCC(C)C(N)C(=O)N1CCCN(C(=O)c2ccc(Cl)cc2)CC1. The van der Waals surface area contributed by atoms with Crippen molar-refractivity contribution in [2.24, 2.45) is 11.7 Å². The molecule has 2 N–H and O–H groups in total. The van der Waals surface area contributed by atoms with Crippen LogP contribution in [-0.4, -0.2) is 53.8 Å². The van der Waals surface area contributed by atoms with Gasteiger partial charge in [0.15, 0.2) is 0 Å². The minimum absolute atomic E-state index is 0.00913. The summed E-state index contributed by atoms with van der Waals surface area (Å²) >= 11 is 5.87. The molecule has 2 amide bonds. The van der Waals surface area contributed by atoms with Crippen LogP contribution >= 0.6 is 11.6 Å². The van der Waals surface area contributed by atoms with Crippen LogP contribution in [0.2, 0.25) is 5.02 Å². The van der Waals surface area contributed by atoms with Crippen LogP contribution in [0.15, 0.2) is 24.3 Å². The Morgan fingerprint density at radius 2 is 1.71 bits per heavy atom. The third-order valence-corrected chi connectivity index (χ3v) is 4.98. The van der Waals surface area contributed by atoms with Crippen molar-refractivity contribution in [1.29, 1.82) is 0 Å². The van der Waals surface area contributed by atoms with Crippen LogP contribution in [0.3, 0.4) is 0 Å². The highest BCUT2D eigenvalue weighted by molar-refractivity contribution is 6.30. The molecule has 0 radical (unpaired) electrons. The Labute approximate surface area is 148 Å². The van der Waals surface area contributed by atoms with Gasteiger partial charge in [0.2, 0.25) is 5.91 Å². The number of hydrogen-bond acceptors (Lipinski definition) is 3. The highest BCUT2D eigenvalue weighted by Gasteiger charge is 2.27. The second kappa shape index (κ2) is 8.49. The van der Waals surface area contributed by atoms with Gasteiger partial charge in [0.05, 0.1) is 6.04 Å². The standard InChI is InChI=1S/C18H26ClN3O2/c1-3-13(2)16(20)18(24)22-10-4-9-21(11-12-22)17(23)14-5-7-15(19)8-6-14/h5-8,13,16H,3-4,9-12,20H2,1-2H3. The van der Waals surface area contributed by atoms with E-state index >= 15 is 0 Å². The quantitative estimate of drug-likeness (QED) is 0.905. The maximum atomic E-state index is 12.6. The summed E-state index contributed by atoms with van der Waals surface area (Å²) in [4.78, 5) is 28.7. The summed E-state index contributed by atoms with van der Waals surface area (Å²) in [6.07, 6.45) is 1.64. The highest BCUT2D eigenvalue weighted by atomic mass is 35.5. The maximum absolute atomic E-state index is 12.6. The van der Waals surface area contributed by atoms with Gasteiger partial charge in [-0.1, -0.05) is 31.9 Å². The minimum Gasteiger partial charge on any atom is -0.339 e. The smallest absolute Gasteiger partial charge is 0.253 e. The van der Waals surface area contributed by atoms with Crippen LogP contribution in [0.5, 0.6) is 0 Å². The molecular formula is C18H26ClN3O2. The number of carbonyl (C=O) groups excluding carboxylic acids is 2. The molecule has 6 heteroatoms. The molecule has 5 nitrogen and oxygen atoms in total. The van der Waals surface area contributed by atoms with Crippen LogP contribution in [0.25, 0.3) is 0 Å². The zero-order chi connectivity index (χ0) is 17.7. The number of halogens is 1. The van der Waals surface area contributed by atoms with Crippen molar-refractivity contribution in [1.82, 2.24) is 9.80 Å². The van der Waals surface area contributed by atoms with Gasteiger partial charge in [-0.3, -0.25) is 9.59 Å². The van der Waals surface area contributed by atoms with Crippen molar-refractivity contribution in [3.8, 4) is 0 Å². The Bertz CT molecular complexity index is 576. The van der Waals surface area contributed by atoms with E-state index in [2.05, 4.69) is 0 Å². The Balaban J connectivity index is 1.98. The van der Waals surface area contributed by atoms with Gasteiger partial charge >= 0.3 is 0 Å². The number of carbonyl (C=O) groups is 2. The van der Waals surface area contributed by atoms with Crippen LogP contribution in [-0.2, 0) is 4.79 Å². The van der Waals surface area contributed by atoms with E-state index in [1.807, 2.05) is 13.8 Å². The number of hydrogen-bond donors (Lipinski definition) is 1. The summed E-state index contributed by atoms with van der Waals surface area (Å²) in [5.41, 5.74) is 6.69. The second-order valence-electron chi connectivity index (χ2n) is 6.39. The molecule has 0 saturated carbocycles. The van der Waals surface area contributed by atoms with Gasteiger partial charge in [-0.2, -0.15) is 0 Å². The molecule has 1 saturated heterocycles. The van der Waals surface area contributed by atoms with Gasteiger partial charge in [0.1, 0.15) is 0 Å². The van der Waals surface area contributed by atoms with Crippen molar-refractivity contribution >= 4 is 23.4 Å². The lowest BCUT2D eigenvalue weighted by molar-refractivity contribution is -0.133. The predicted molar refractivity (Wildman–Crippen MR) is 96.0 cm³/mol. The van der Waals surface area contributed by atoms with Crippen LogP contribution in [0.1, 0.15) is 37.0 Å². The van der Waals surface area contributed by atoms with Gasteiger partial charge in [-0.05, 0) is 36.6 Å². The molecule has 1 fully saturated rings. The fourth-order valence-electron chi connectivity index (χ4n) is 2.82. The van der Waals surface area contributed by atoms with Gasteiger partial charge in [-0.25, -0.2) is 0 Å². The molecule has 2 rings (SSSR count). The average Bonchev–Trinajstić information content (AvgIpc) is 2.86. The van der Waals surface area contributed by atoms with Gasteiger partial charge in [0, 0.05) is 36.8 Å². The molecule has 132 valence electrons. The molecule has 1 heterocycles. The Kier molecular flexibility index (Phi) is 6.63.